The average Bonchev–Trinajstić information content (AvgIpc) is 2.89. The summed E-state index contributed by atoms with van der Waals surface area (Å²) in [4.78, 5) is 14.4. The van der Waals surface area contributed by atoms with E-state index in [1.54, 1.807) is 4.90 Å². The van der Waals surface area contributed by atoms with Crippen molar-refractivity contribution in [3.05, 3.63) is 59.4 Å². The lowest BCUT2D eigenvalue weighted by Crippen LogP contribution is -2.46. The van der Waals surface area contributed by atoms with E-state index in [4.69, 9.17) is 4.74 Å². The molecule has 1 aromatic heterocycles. The Labute approximate surface area is 233 Å². The first kappa shape index (κ1) is 30.8. The molecule has 226 valence electrons. The van der Waals surface area contributed by atoms with Gasteiger partial charge in [-0.05, 0) is 49.7 Å². The monoisotopic (exact) mass is 605 g/mol. The van der Waals surface area contributed by atoms with E-state index in [2.05, 4.69) is 35.2 Å². The molecule has 42 heavy (non-hydrogen) atoms. The van der Waals surface area contributed by atoms with E-state index >= 15 is 0 Å². The number of halogens is 8. The topological polar surface area (TPSA) is 97.1 Å². The summed E-state index contributed by atoms with van der Waals surface area (Å²) in [5.41, 5.74) is -1.18. The lowest BCUT2D eigenvalue weighted by molar-refractivity contribution is -0.253. The quantitative estimate of drug-likeness (QED) is 0.209. The van der Waals surface area contributed by atoms with Gasteiger partial charge >= 0.3 is 18.7 Å². The molecule has 17 heteroatoms. The number of nitrogens with one attached hydrogen (secondary N) is 1. The van der Waals surface area contributed by atoms with E-state index in [0.29, 0.717) is 30.8 Å². The number of alkyl halides is 7. The molecule has 1 saturated heterocycles. The van der Waals surface area contributed by atoms with Gasteiger partial charge in [0.25, 0.3) is 5.95 Å². The lowest BCUT2D eigenvalue weighted by atomic mass is 10.2. The van der Waals surface area contributed by atoms with Crippen molar-refractivity contribution in [2.24, 2.45) is 10.2 Å². The number of ether oxygens (including phenoxy) is 2. The normalized spacial score (nSPS) is 18.1. The van der Waals surface area contributed by atoms with E-state index in [1.165, 1.54) is 12.1 Å². The van der Waals surface area contributed by atoms with Gasteiger partial charge < -0.3 is 19.7 Å². The molecule has 0 amide bonds. The maximum atomic E-state index is 13.7. The van der Waals surface area contributed by atoms with Crippen molar-refractivity contribution in [1.29, 1.82) is 0 Å². The van der Waals surface area contributed by atoms with Crippen molar-refractivity contribution >= 4 is 23.5 Å². The zero-order valence-electron chi connectivity index (χ0n) is 21.9. The van der Waals surface area contributed by atoms with Gasteiger partial charge in [0, 0.05) is 18.8 Å². The summed E-state index contributed by atoms with van der Waals surface area (Å²) in [6.45, 7) is 4.35. The van der Waals surface area contributed by atoms with Gasteiger partial charge in [0.05, 0.1) is 24.3 Å². The van der Waals surface area contributed by atoms with Crippen LogP contribution in [0.5, 0.6) is 5.75 Å². The molecular formula is C25H23F8N7O2. The number of rotatable bonds is 9. The van der Waals surface area contributed by atoms with Crippen LogP contribution < -0.4 is 15.0 Å². The van der Waals surface area contributed by atoms with Crippen LogP contribution in [0.2, 0.25) is 0 Å². The fourth-order valence-electron chi connectivity index (χ4n) is 3.93. The van der Waals surface area contributed by atoms with Crippen LogP contribution >= 0.6 is 0 Å². The minimum atomic E-state index is -4.93. The van der Waals surface area contributed by atoms with Crippen LogP contribution in [0.3, 0.4) is 0 Å². The van der Waals surface area contributed by atoms with Crippen LogP contribution in [-0.4, -0.2) is 52.8 Å². The Morgan fingerprint density at radius 1 is 1.00 bits per heavy atom. The highest BCUT2D eigenvalue weighted by Gasteiger charge is 2.44. The Balaban J connectivity index is 1.56. The highest BCUT2D eigenvalue weighted by atomic mass is 19.4. The van der Waals surface area contributed by atoms with Gasteiger partial charge in [-0.25, -0.2) is 4.39 Å². The van der Waals surface area contributed by atoms with Gasteiger partial charge in [-0.15, -0.1) is 5.11 Å². The molecule has 9 nitrogen and oxygen atoms in total. The second-order valence-corrected chi connectivity index (χ2v) is 9.25. The standard InChI is InChI=1S/C25H23F8N7O2/c1-13-11-40(12-14(2)41-13)23-37-21(35-16-5-8-19(26)18(9-16)24(29,30)31)36-22(38-23)39-34-10-15-3-6-17(7-4-15)42-25(32,33)20(27)28/h3-9,13-14,20H,10-12H2,1-2H3,(H,35,36,37,38). The highest BCUT2D eigenvalue weighted by molar-refractivity contribution is 5.57. The van der Waals surface area contributed by atoms with Crippen molar-refractivity contribution in [2.75, 3.05) is 23.3 Å². The molecule has 0 spiro atoms. The fourth-order valence-corrected chi connectivity index (χ4v) is 3.93. The number of azo groups is 1. The van der Waals surface area contributed by atoms with Crippen LogP contribution in [0.25, 0.3) is 0 Å². The highest BCUT2D eigenvalue weighted by Crippen LogP contribution is 2.34. The zero-order chi connectivity index (χ0) is 30.7. The molecule has 2 atom stereocenters. The Bertz CT molecular complexity index is 1400. The lowest BCUT2D eigenvalue weighted by Gasteiger charge is -2.35. The summed E-state index contributed by atoms with van der Waals surface area (Å²) >= 11 is 0. The zero-order valence-corrected chi connectivity index (χ0v) is 21.9. The summed E-state index contributed by atoms with van der Waals surface area (Å²) in [5.74, 6) is -2.21. The van der Waals surface area contributed by atoms with Crippen molar-refractivity contribution in [3.63, 3.8) is 0 Å². The number of benzene rings is 2. The first-order valence-electron chi connectivity index (χ1n) is 12.3. The van der Waals surface area contributed by atoms with E-state index in [9.17, 15) is 35.1 Å². The third-order valence-corrected chi connectivity index (χ3v) is 5.69. The van der Waals surface area contributed by atoms with E-state index in [0.717, 1.165) is 18.2 Å². The second-order valence-electron chi connectivity index (χ2n) is 9.25. The molecule has 2 heterocycles. The van der Waals surface area contributed by atoms with E-state index in [1.807, 2.05) is 13.8 Å². The molecule has 0 saturated carbocycles. The van der Waals surface area contributed by atoms with Crippen LogP contribution in [0.4, 0.5) is 58.7 Å². The van der Waals surface area contributed by atoms with Crippen molar-refractivity contribution in [2.45, 2.75) is 51.3 Å². The molecule has 3 aromatic rings. The smallest absolute Gasteiger partial charge is 0.428 e. The molecule has 0 aliphatic carbocycles. The van der Waals surface area contributed by atoms with Crippen LogP contribution in [0.15, 0.2) is 52.7 Å². The Hall–Kier alpha value is -4.15. The van der Waals surface area contributed by atoms with Gasteiger partial charge in [0.15, 0.2) is 0 Å². The minimum Gasteiger partial charge on any atom is -0.428 e. The van der Waals surface area contributed by atoms with Gasteiger partial charge in [-0.3, -0.25) is 0 Å². The number of anilines is 3. The molecule has 4 rings (SSSR count). The van der Waals surface area contributed by atoms with E-state index < -0.39 is 35.8 Å². The molecule has 1 aliphatic heterocycles. The number of morpholine rings is 1. The molecule has 0 bridgehead atoms. The first-order valence-corrected chi connectivity index (χ1v) is 12.3. The predicted octanol–water partition coefficient (Wildman–Crippen LogP) is 6.91. The average molecular weight is 605 g/mol. The molecule has 1 N–H and O–H groups in total. The van der Waals surface area contributed by atoms with Crippen molar-refractivity contribution in [3.8, 4) is 5.75 Å². The second kappa shape index (κ2) is 12.4. The third kappa shape index (κ3) is 7.98. The maximum Gasteiger partial charge on any atom is 0.461 e. The Morgan fingerprint density at radius 2 is 1.67 bits per heavy atom. The predicted molar refractivity (Wildman–Crippen MR) is 133 cm³/mol. The molecule has 1 aliphatic rings. The van der Waals surface area contributed by atoms with Gasteiger partial charge in [-0.1, -0.05) is 12.1 Å². The third-order valence-electron chi connectivity index (χ3n) is 5.69. The molecule has 1 fully saturated rings. The molecule has 2 aromatic carbocycles. The van der Waals surface area contributed by atoms with Gasteiger partial charge in [-0.2, -0.15) is 50.8 Å². The summed E-state index contributed by atoms with van der Waals surface area (Å²) in [5, 5.41) is 10.5. The van der Waals surface area contributed by atoms with E-state index in [-0.39, 0.29) is 42.3 Å². The first-order chi connectivity index (χ1) is 19.7. The minimum absolute atomic E-state index is 0.103. The summed E-state index contributed by atoms with van der Waals surface area (Å²) in [6.07, 6.45) is -14.0. The number of aromatic nitrogens is 3. The maximum absolute atomic E-state index is 13.7. The summed E-state index contributed by atoms with van der Waals surface area (Å²) < 4.78 is 114. The van der Waals surface area contributed by atoms with Gasteiger partial charge in [0.1, 0.15) is 11.6 Å². The van der Waals surface area contributed by atoms with Crippen molar-refractivity contribution in [1.82, 2.24) is 15.0 Å². The molecule has 2 unspecified atom stereocenters. The largest absolute Gasteiger partial charge is 0.461 e. The van der Waals surface area contributed by atoms with Crippen LogP contribution in [0, 0.1) is 5.82 Å². The number of hydrogen-bond acceptors (Lipinski definition) is 9. The number of hydrogen-bond donors (Lipinski definition) is 1. The van der Waals surface area contributed by atoms with Crippen molar-refractivity contribution < 1.29 is 44.6 Å². The summed E-state index contributed by atoms with van der Waals surface area (Å²) in [6, 6.07) is 7.05. The molecule has 0 radical (unpaired) electrons. The molecular weight excluding hydrogens is 582 g/mol. The van der Waals surface area contributed by atoms with Gasteiger partial charge in [0.2, 0.25) is 11.9 Å². The summed E-state index contributed by atoms with van der Waals surface area (Å²) in [7, 11) is 0. The number of nitrogens with zero attached hydrogens (tertiary/aromatic N) is 6. The SMILES string of the molecule is CC1CN(c2nc(N=NCc3ccc(OC(F)(F)C(F)F)cc3)nc(Nc3ccc(F)c(C(F)(F)F)c3)n2)CC(C)O1. The fraction of sp³-hybridized carbons (Fsp3) is 0.400. The Morgan fingerprint density at radius 3 is 2.29 bits per heavy atom. The van der Waals surface area contributed by atoms with Crippen LogP contribution in [0.1, 0.15) is 25.0 Å². The Kier molecular flexibility index (Phi) is 9.08. The van der Waals surface area contributed by atoms with Crippen LogP contribution in [-0.2, 0) is 17.5 Å².